The van der Waals surface area contributed by atoms with E-state index in [1.165, 1.54) is 6.07 Å². The molecule has 4 N–H and O–H groups in total. The van der Waals surface area contributed by atoms with Crippen LogP contribution in [0.5, 0.6) is 0 Å². The number of primary amides is 1. The number of aromatic nitrogens is 1. The number of hydrogen-bond acceptors (Lipinski definition) is 6. The number of amides is 1. The highest BCUT2D eigenvalue weighted by Crippen LogP contribution is 2.19. The van der Waals surface area contributed by atoms with Crippen molar-refractivity contribution in [3.05, 3.63) is 34.0 Å². The number of carbonyl (C=O) groups is 1. The van der Waals surface area contributed by atoms with Gasteiger partial charge in [-0.15, -0.1) is 0 Å². The molecule has 1 rings (SSSR count). The van der Waals surface area contributed by atoms with Crippen molar-refractivity contribution >= 4 is 11.7 Å². The minimum absolute atomic E-state index is 0.171. The van der Waals surface area contributed by atoms with E-state index < -0.39 is 29.5 Å². The van der Waals surface area contributed by atoms with Crippen molar-refractivity contribution < 1.29 is 19.9 Å². The summed E-state index contributed by atoms with van der Waals surface area (Å²) < 4.78 is 0. The Morgan fingerprint density at radius 2 is 2.18 bits per heavy atom. The molecule has 0 aliphatic heterocycles. The van der Waals surface area contributed by atoms with Crippen molar-refractivity contribution in [2.45, 2.75) is 18.6 Å². The normalized spacial score (nSPS) is 14.0. The summed E-state index contributed by atoms with van der Waals surface area (Å²) in [5, 5.41) is 29.3. The summed E-state index contributed by atoms with van der Waals surface area (Å²) in [6, 6.07) is 2.34. The Labute approximate surface area is 95.9 Å². The van der Waals surface area contributed by atoms with E-state index >= 15 is 0 Å². The Kier molecular flexibility index (Phi) is 4.07. The maximum Gasteiger partial charge on any atom is 0.363 e. The first-order valence-corrected chi connectivity index (χ1v) is 4.66. The molecule has 0 radical (unpaired) electrons. The molecule has 0 aliphatic rings. The number of aliphatic hydroxyl groups excluding tert-OH is 2. The summed E-state index contributed by atoms with van der Waals surface area (Å²) in [6.45, 7) is 0. The van der Waals surface area contributed by atoms with Crippen LogP contribution < -0.4 is 5.73 Å². The quantitative estimate of drug-likeness (QED) is 0.458. The summed E-state index contributed by atoms with van der Waals surface area (Å²) in [4.78, 5) is 23.7. The van der Waals surface area contributed by atoms with Crippen molar-refractivity contribution in [3.8, 4) is 0 Å². The van der Waals surface area contributed by atoms with Gasteiger partial charge in [0.15, 0.2) is 0 Å². The molecule has 0 saturated carbocycles. The fraction of sp³-hybridized carbons (Fsp3) is 0.333. The van der Waals surface area contributed by atoms with E-state index in [0.717, 1.165) is 12.3 Å². The lowest BCUT2D eigenvalue weighted by molar-refractivity contribution is -0.389. The summed E-state index contributed by atoms with van der Waals surface area (Å²) in [5.41, 5.74) is 5.03. The Balaban J connectivity index is 2.78. The van der Waals surface area contributed by atoms with E-state index in [2.05, 4.69) is 4.98 Å². The van der Waals surface area contributed by atoms with Gasteiger partial charge in [0.2, 0.25) is 5.91 Å². The van der Waals surface area contributed by atoms with Gasteiger partial charge in [-0.25, -0.2) is 0 Å². The van der Waals surface area contributed by atoms with Gasteiger partial charge in [0.25, 0.3) is 0 Å². The van der Waals surface area contributed by atoms with Crippen molar-refractivity contribution in [2.75, 3.05) is 0 Å². The van der Waals surface area contributed by atoms with Crippen molar-refractivity contribution in [1.29, 1.82) is 0 Å². The van der Waals surface area contributed by atoms with E-state index in [4.69, 9.17) is 5.73 Å². The Hall–Kier alpha value is -2.06. The second-order valence-corrected chi connectivity index (χ2v) is 3.39. The van der Waals surface area contributed by atoms with Crippen LogP contribution in [0.4, 0.5) is 5.82 Å². The molecule has 0 aliphatic carbocycles. The van der Waals surface area contributed by atoms with Crippen molar-refractivity contribution in [1.82, 2.24) is 4.98 Å². The van der Waals surface area contributed by atoms with E-state index in [0.29, 0.717) is 0 Å². The molecule has 2 unspecified atom stereocenters. The van der Waals surface area contributed by atoms with E-state index in [-0.39, 0.29) is 11.4 Å². The minimum Gasteiger partial charge on any atom is -0.390 e. The van der Waals surface area contributed by atoms with Crippen LogP contribution in [0.3, 0.4) is 0 Å². The fourth-order valence-electron chi connectivity index (χ4n) is 1.22. The van der Waals surface area contributed by atoms with E-state index in [1.807, 2.05) is 0 Å². The molecular weight excluding hydrogens is 230 g/mol. The van der Waals surface area contributed by atoms with Gasteiger partial charge in [0.05, 0.1) is 12.5 Å². The lowest BCUT2D eigenvalue weighted by Gasteiger charge is -2.15. The summed E-state index contributed by atoms with van der Waals surface area (Å²) in [6.07, 6.45) is -2.07. The smallest absolute Gasteiger partial charge is 0.363 e. The number of hydrogen-bond donors (Lipinski definition) is 3. The molecular formula is C9H11N3O5. The van der Waals surface area contributed by atoms with Gasteiger partial charge in [-0.2, -0.15) is 0 Å². The molecule has 8 heteroatoms. The predicted molar refractivity (Wildman–Crippen MR) is 55.7 cm³/mol. The molecule has 0 fully saturated rings. The lowest BCUT2D eigenvalue weighted by atomic mass is 10.0. The maximum absolute atomic E-state index is 10.5. The molecule has 0 bridgehead atoms. The highest BCUT2D eigenvalue weighted by atomic mass is 16.6. The molecule has 0 spiro atoms. The molecule has 1 heterocycles. The number of nitrogens with zero attached hydrogens (tertiary/aromatic N) is 2. The van der Waals surface area contributed by atoms with Gasteiger partial charge in [0, 0.05) is 11.6 Å². The largest absolute Gasteiger partial charge is 0.390 e. The molecule has 1 aromatic heterocycles. The van der Waals surface area contributed by atoms with Gasteiger partial charge in [-0.1, -0.05) is 0 Å². The predicted octanol–water partition coefficient (Wildman–Crippen LogP) is -0.741. The topological polar surface area (TPSA) is 140 Å². The van der Waals surface area contributed by atoms with Gasteiger partial charge in [0.1, 0.15) is 12.3 Å². The second kappa shape index (κ2) is 5.32. The fourth-order valence-corrected chi connectivity index (χ4v) is 1.22. The Morgan fingerprint density at radius 3 is 2.59 bits per heavy atom. The Morgan fingerprint density at radius 1 is 1.53 bits per heavy atom. The Bertz CT molecular complexity index is 419. The van der Waals surface area contributed by atoms with Crippen LogP contribution in [0, 0.1) is 10.1 Å². The molecule has 2 atom stereocenters. The number of carbonyl (C=O) groups excluding carboxylic acids is 1. The molecule has 0 saturated heterocycles. The third-order valence-corrected chi connectivity index (χ3v) is 2.07. The zero-order chi connectivity index (χ0) is 13.0. The maximum atomic E-state index is 10.5. The van der Waals surface area contributed by atoms with Crippen LogP contribution in [0.25, 0.3) is 0 Å². The third-order valence-electron chi connectivity index (χ3n) is 2.07. The van der Waals surface area contributed by atoms with Crippen LogP contribution in [-0.4, -0.2) is 32.1 Å². The summed E-state index contributed by atoms with van der Waals surface area (Å²) >= 11 is 0. The zero-order valence-corrected chi connectivity index (χ0v) is 8.68. The van der Waals surface area contributed by atoms with Gasteiger partial charge < -0.3 is 26.1 Å². The number of pyridine rings is 1. The molecule has 0 aromatic carbocycles. The monoisotopic (exact) mass is 241 g/mol. The van der Waals surface area contributed by atoms with Gasteiger partial charge in [-0.3, -0.25) is 4.79 Å². The summed E-state index contributed by atoms with van der Waals surface area (Å²) in [7, 11) is 0. The first-order valence-electron chi connectivity index (χ1n) is 4.66. The van der Waals surface area contributed by atoms with Crippen LogP contribution in [0.2, 0.25) is 0 Å². The van der Waals surface area contributed by atoms with E-state index in [9.17, 15) is 25.1 Å². The average molecular weight is 241 g/mol. The van der Waals surface area contributed by atoms with Crippen LogP contribution in [0.1, 0.15) is 18.1 Å². The number of nitro groups is 1. The molecule has 17 heavy (non-hydrogen) atoms. The number of aliphatic hydroxyl groups is 2. The number of rotatable bonds is 5. The average Bonchev–Trinajstić information content (AvgIpc) is 2.27. The first-order chi connectivity index (χ1) is 7.91. The molecule has 92 valence electrons. The van der Waals surface area contributed by atoms with Crippen LogP contribution in [0.15, 0.2) is 18.3 Å². The third kappa shape index (κ3) is 3.47. The minimum atomic E-state index is -1.37. The van der Waals surface area contributed by atoms with Gasteiger partial charge >= 0.3 is 5.82 Å². The highest BCUT2D eigenvalue weighted by Gasteiger charge is 2.22. The highest BCUT2D eigenvalue weighted by molar-refractivity contribution is 5.74. The first kappa shape index (κ1) is 13.0. The SMILES string of the molecule is NC(=O)CC(O)C(O)c1ccc([N+](=O)[O-])nc1. The van der Waals surface area contributed by atoms with Gasteiger partial charge in [-0.05, 0) is 16.0 Å². The summed E-state index contributed by atoms with van der Waals surface area (Å²) in [5.74, 6) is -1.13. The number of nitrogens with two attached hydrogens (primary N) is 1. The molecule has 8 nitrogen and oxygen atoms in total. The van der Waals surface area contributed by atoms with E-state index in [1.54, 1.807) is 0 Å². The van der Waals surface area contributed by atoms with Crippen LogP contribution in [-0.2, 0) is 4.79 Å². The van der Waals surface area contributed by atoms with Crippen molar-refractivity contribution in [2.24, 2.45) is 5.73 Å². The standard InChI is InChI=1S/C9H11N3O5/c10-7(14)3-6(13)9(15)5-1-2-8(11-4-5)12(16)17/h1-2,4,6,9,13,15H,3H2,(H2,10,14). The molecule has 1 aromatic rings. The molecule has 1 amide bonds. The van der Waals surface area contributed by atoms with Crippen molar-refractivity contribution in [3.63, 3.8) is 0 Å². The second-order valence-electron chi connectivity index (χ2n) is 3.39. The van der Waals surface area contributed by atoms with Crippen LogP contribution >= 0.6 is 0 Å². The zero-order valence-electron chi connectivity index (χ0n) is 8.68. The lowest BCUT2D eigenvalue weighted by Crippen LogP contribution is -2.25.